The molecule has 0 spiro atoms. The summed E-state index contributed by atoms with van der Waals surface area (Å²) < 4.78 is 0. The summed E-state index contributed by atoms with van der Waals surface area (Å²) in [5, 5.41) is 8.69. The van der Waals surface area contributed by atoms with Crippen molar-refractivity contribution in [3.8, 4) is 0 Å². The van der Waals surface area contributed by atoms with Gasteiger partial charge in [-0.3, -0.25) is 19.2 Å². The molecule has 2 unspecified atom stereocenters. The molecule has 0 aromatic heterocycles. The van der Waals surface area contributed by atoms with E-state index < -0.39 is 5.97 Å². The zero-order valence-corrected chi connectivity index (χ0v) is 18.7. The number of benzene rings is 2. The first-order valence-corrected chi connectivity index (χ1v) is 11.6. The number of aliphatic carboxylic acids is 1. The van der Waals surface area contributed by atoms with E-state index in [0.717, 1.165) is 32.1 Å². The number of carbonyl (C=O) groups excluding carboxylic acids is 3. The minimum absolute atomic E-state index is 0.0561. The Morgan fingerprint density at radius 2 is 1.48 bits per heavy atom. The number of carbonyl (C=O) groups is 4. The fraction of sp³-hybridized carbons (Fsp3) is 0.357. The van der Waals surface area contributed by atoms with Crippen LogP contribution in [-0.2, 0) is 9.59 Å². The molecule has 2 atom stereocenters. The topological polar surface area (TPSA) is 88.5 Å². The highest BCUT2D eigenvalue weighted by Gasteiger charge is 2.32. The Labute approximate surface area is 194 Å². The molecule has 5 heteroatoms. The van der Waals surface area contributed by atoms with Crippen LogP contribution in [0.5, 0.6) is 0 Å². The molecule has 1 N–H and O–H groups in total. The van der Waals surface area contributed by atoms with Gasteiger partial charge in [0.15, 0.2) is 11.6 Å². The van der Waals surface area contributed by atoms with Crippen LogP contribution in [0.1, 0.15) is 77.6 Å². The highest BCUT2D eigenvalue weighted by Crippen LogP contribution is 2.34. The molecule has 3 rings (SSSR count). The summed E-state index contributed by atoms with van der Waals surface area (Å²) in [4.78, 5) is 48.0. The number of carboxylic acid groups (broad SMARTS) is 1. The monoisotopic (exact) mass is 446 g/mol. The quantitative estimate of drug-likeness (QED) is 0.257. The average Bonchev–Trinajstić information content (AvgIpc) is 3.18. The second-order valence-corrected chi connectivity index (χ2v) is 8.62. The standard InChI is InChI=1S/C28H30O5/c29-25(21-12-14-23(15-13-21)28(33)22-8-4-3-5-9-22)18-16-20-17-19-26(30)24(20)10-6-1-2-7-11-27(31)32/h3-5,8-9,12-16,18,20,24H,1-2,6-7,10-11,17,19H2,(H,31,32). The molecular weight excluding hydrogens is 416 g/mol. The van der Waals surface area contributed by atoms with E-state index in [9.17, 15) is 19.2 Å². The smallest absolute Gasteiger partial charge is 0.303 e. The lowest BCUT2D eigenvalue weighted by molar-refractivity contribution is -0.137. The van der Waals surface area contributed by atoms with Crippen molar-refractivity contribution in [3.05, 3.63) is 83.4 Å². The van der Waals surface area contributed by atoms with Gasteiger partial charge in [-0.25, -0.2) is 0 Å². The van der Waals surface area contributed by atoms with Gasteiger partial charge in [-0.15, -0.1) is 0 Å². The molecule has 0 heterocycles. The fourth-order valence-corrected chi connectivity index (χ4v) is 4.38. The number of allylic oxidation sites excluding steroid dienone is 2. The van der Waals surface area contributed by atoms with Crippen molar-refractivity contribution in [1.82, 2.24) is 0 Å². The number of hydrogen-bond donors (Lipinski definition) is 1. The Kier molecular flexibility index (Phi) is 8.87. The van der Waals surface area contributed by atoms with E-state index in [1.165, 1.54) is 0 Å². The summed E-state index contributed by atoms with van der Waals surface area (Å²) >= 11 is 0. The van der Waals surface area contributed by atoms with Crippen LogP contribution >= 0.6 is 0 Å². The van der Waals surface area contributed by atoms with Crippen LogP contribution in [0.3, 0.4) is 0 Å². The van der Waals surface area contributed by atoms with Crippen LogP contribution in [0.2, 0.25) is 0 Å². The van der Waals surface area contributed by atoms with Crippen molar-refractivity contribution in [2.24, 2.45) is 11.8 Å². The fourth-order valence-electron chi connectivity index (χ4n) is 4.38. The highest BCUT2D eigenvalue weighted by atomic mass is 16.4. The van der Waals surface area contributed by atoms with E-state index in [2.05, 4.69) is 0 Å². The minimum atomic E-state index is -0.770. The molecule has 1 fully saturated rings. The first kappa shape index (κ1) is 24.3. The van der Waals surface area contributed by atoms with Crippen molar-refractivity contribution >= 4 is 23.3 Å². The largest absolute Gasteiger partial charge is 0.481 e. The Morgan fingerprint density at radius 3 is 2.18 bits per heavy atom. The predicted octanol–water partition coefficient (Wildman–Crippen LogP) is 5.68. The van der Waals surface area contributed by atoms with Gasteiger partial charge in [0, 0.05) is 35.4 Å². The van der Waals surface area contributed by atoms with Crippen LogP contribution in [0.15, 0.2) is 66.7 Å². The van der Waals surface area contributed by atoms with Crippen molar-refractivity contribution in [2.45, 2.75) is 51.4 Å². The van der Waals surface area contributed by atoms with Crippen molar-refractivity contribution in [3.63, 3.8) is 0 Å². The molecule has 2 aromatic carbocycles. The number of rotatable bonds is 12. The van der Waals surface area contributed by atoms with Crippen molar-refractivity contribution in [1.29, 1.82) is 0 Å². The van der Waals surface area contributed by atoms with Gasteiger partial charge in [-0.2, -0.15) is 0 Å². The third-order valence-electron chi connectivity index (χ3n) is 6.27. The molecule has 1 saturated carbocycles. The molecular formula is C28H30O5. The summed E-state index contributed by atoms with van der Waals surface area (Å²) in [5.41, 5.74) is 1.65. The lowest BCUT2D eigenvalue weighted by Crippen LogP contribution is -2.13. The molecule has 1 aliphatic carbocycles. The number of ketones is 3. The van der Waals surface area contributed by atoms with Crippen LogP contribution in [-0.4, -0.2) is 28.4 Å². The average molecular weight is 447 g/mol. The predicted molar refractivity (Wildman–Crippen MR) is 126 cm³/mol. The molecule has 0 bridgehead atoms. The maximum absolute atomic E-state index is 12.6. The van der Waals surface area contributed by atoms with Gasteiger partial charge < -0.3 is 5.11 Å². The van der Waals surface area contributed by atoms with Crippen LogP contribution in [0.25, 0.3) is 0 Å². The Balaban J connectivity index is 1.52. The summed E-state index contributed by atoms with van der Waals surface area (Å²) in [6.45, 7) is 0. The number of unbranched alkanes of at least 4 members (excludes halogenated alkanes) is 3. The van der Waals surface area contributed by atoms with Crippen molar-refractivity contribution < 1.29 is 24.3 Å². The summed E-state index contributed by atoms with van der Waals surface area (Å²) in [7, 11) is 0. The summed E-state index contributed by atoms with van der Waals surface area (Å²) in [6.07, 6.45) is 9.04. The minimum Gasteiger partial charge on any atom is -0.481 e. The van der Waals surface area contributed by atoms with Gasteiger partial charge in [0.1, 0.15) is 5.78 Å². The first-order chi connectivity index (χ1) is 16.0. The lowest BCUT2D eigenvalue weighted by atomic mass is 9.89. The third kappa shape index (κ3) is 7.07. The van der Waals surface area contributed by atoms with E-state index in [0.29, 0.717) is 29.5 Å². The molecule has 0 aliphatic heterocycles. The molecule has 33 heavy (non-hydrogen) atoms. The Morgan fingerprint density at radius 1 is 0.848 bits per heavy atom. The molecule has 2 aromatic rings. The van der Waals surface area contributed by atoms with Gasteiger partial charge in [0.2, 0.25) is 0 Å². The second-order valence-electron chi connectivity index (χ2n) is 8.62. The lowest BCUT2D eigenvalue weighted by Gasteiger charge is -2.14. The summed E-state index contributed by atoms with van der Waals surface area (Å²) in [6, 6.07) is 15.7. The SMILES string of the molecule is O=C(O)CCCCCCC1C(=O)CCC1C=CC(=O)c1ccc(C(=O)c2ccccc2)cc1. The van der Waals surface area contributed by atoms with E-state index in [1.807, 2.05) is 24.3 Å². The zero-order valence-electron chi connectivity index (χ0n) is 18.7. The van der Waals surface area contributed by atoms with E-state index in [-0.39, 0.29) is 35.6 Å². The number of Topliss-reactive ketones (excluding diaryl/α,β-unsaturated/α-hetero) is 1. The van der Waals surface area contributed by atoms with Crippen molar-refractivity contribution in [2.75, 3.05) is 0 Å². The molecule has 172 valence electrons. The zero-order chi connectivity index (χ0) is 23.6. The molecule has 0 saturated heterocycles. The molecule has 1 aliphatic rings. The van der Waals surface area contributed by atoms with Crippen LogP contribution in [0.4, 0.5) is 0 Å². The highest BCUT2D eigenvalue weighted by molar-refractivity contribution is 6.10. The third-order valence-corrected chi connectivity index (χ3v) is 6.27. The van der Waals surface area contributed by atoms with Gasteiger partial charge in [0.05, 0.1) is 0 Å². The molecule has 0 radical (unpaired) electrons. The first-order valence-electron chi connectivity index (χ1n) is 11.6. The molecule has 5 nitrogen and oxygen atoms in total. The maximum Gasteiger partial charge on any atom is 0.303 e. The van der Waals surface area contributed by atoms with E-state index >= 15 is 0 Å². The van der Waals surface area contributed by atoms with Gasteiger partial charge in [-0.05, 0) is 31.3 Å². The normalized spacial score (nSPS) is 18.0. The van der Waals surface area contributed by atoms with E-state index in [1.54, 1.807) is 42.5 Å². The van der Waals surface area contributed by atoms with E-state index in [4.69, 9.17) is 5.11 Å². The maximum atomic E-state index is 12.6. The Bertz CT molecular complexity index is 1000. The van der Waals surface area contributed by atoms with Crippen LogP contribution in [0, 0.1) is 11.8 Å². The van der Waals surface area contributed by atoms with Gasteiger partial charge >= 0.3 is 5.97 Å². The van der Waals surface area contributed by atoms with Gasteiger partial charge in [0.25, 0.3) is 0 Å². The number of hydrogen-bond acceptors (Lipinski definition) is 4. The van der Waals surface area contributed by atoms with Gasteiger partial charge in [-0.1, -0.05) is 79.9 Å². The number of carboxylic acids is 1. The van der Waals surface area contributed by atoms with Crippen LogP contribution < -0.4 is 0 Å². The second kappa shape index (κ2) is 12.0. The summed E-state index contributed by atoms with van der Waals surface area (Å²) in [5.74, 6) is -0.723. The Hall–Kier alpha value is -3.34. The molecule has 0 amide bonds.